The standard InChI is InChI=1S/CH2INO3S/c2-1(4)3-7(5)6/h(H,3,4)(H,5,6). The van der Waals surface area contributed by atoms with E-state index in [2.05, 4.69) is 0 Å². The summed E-state index contributed by atoms with van der Waals surface area (Å²) in [4.78, 5) is 9.78. The van der Waals surface area contributed by atoms with Crippen LogP contribution in [0.4, 0.5) is 4.79 Å². The maximum Gasteiger partial charge on any atom is 0.293 e. The highest BCUT2D eigenvalue weighted by atomic mass is 127. The summed E-state index contributed by atoms with van der Waals surface area (Å²) in [5.41, 5.74) is 0. The van der Waals surface area contributed by atoms with E-state index in [4.69, 9.17) is 4.55 Å². The first kappa shape index (κ1) is 7.31. The SMILES string of the molecule is O=C(I)NS(=O)O. The van der Waals surface area contributed by atoms with Gasteiger partial charge in [-0.05, 0) is 0 Å². The van der Waals surface area contributed by atoms with Crippen molar-refractivity contribution in [3.8, 4) is 0 Å². The zero-order chi connectivity index (χ0) is 5.86. The Morgan fingerprint density at radius 1 is 1.86 bits per heavy atom. The van der Waals surface area contributed by atoms with Crippen LogP contribution < -0.4 is 4.72 Å². The summed E-state index contributed by atoms with van der Waals surface area (Å²) >= 11 is -0.848. The molecule has 0 saturated heterocycles. The van der Waals surface area contributed by atoms with Crippen LogP contribution in [0, 0.1) is 0 Å². The van der Waals surface area contributed by atoms with E-state index in [0.29, 0.717) is 0 Å². The normalized spacial score (nSPS) is 12.9. The molecule has 0 aromatic heterocycles. The monoisotopic (exact) mass is 235 g/mol. The summed E-state index contributed by atoms with van der Waals surface area (Å²) in [6.45, 7) is 0. The van der Waals surface area contributed by atoms with Gasteiger partial charge in [0.25, 0.3) is 15.2 Å². The van der Waals surface area contributed by atoms with Crippen molar-refractivity contribution in [1.29, 1.82) is 0 Å². The third kappa shape index (κ3) is 6.31. The van der Waals surface area contributed by atoms with Gasteiger partial charge in [-0.2, -0.15) is 0 Å². The van der Waals surface area contributed by atoms with Crippen LogP contribution in [0.5, 0.6) is 0 Å². The molecule has 1 unspecified atom stereocenters. The van der Waals surface area contributed by atoms with Gasteiger partial charge in [-0.3, -0.25) is 9.35 Å². The van der Waals surface area contributed by atoms with Gasteiger partial charge in [0.15, 0.2) is 0 Å². The van der Waals surface area contributed by atoms with Crippen LogP contribution in [-0.4, -0.2) is 12.7 Å². The second kappa shape index (κ2) is 3.33. The van der Waals surface area contributed by atoms with Crippen molar-refractivity contribution in [2.75, 3.05) is 0 Å². The minimum Gasteiger partial charge on any atom is -0.289 e. The first-order chi connectivity index (χ1) is 3.13. The van der Waals surface area contributed by atoms with Gasteiger partial charge in [0.2, 0.25) is 0 Å². The van der Waals surface area contributed by atoms with E-state index in [0.717, 1.165) is 0 Å². The Balaban J connectivity index is 3.32. The molecule has 1 atom stereocenters. The molecule has 6 heteroatoms. The smallest absolute Gasteiger partial charge is 0.289 e. The lowest BCUT2D eigenvalue weighted by Gasteiger charge is -1.86. The number of carbonyl (C=O) groups excluding carboxylic acids is 1. The van der Waals surface area contributed by atoms with E-state index in [-0.39, 0.29) is 0 Å². The molecule has 0 aliphatic rings. The summed E-state index contributed by atoms with van der Waals surface area (Å²) in [5.74, 6) is 0. The number of rotatable bonds is 1. The molecule has 42 valence electrons. The molecule has 1 amide bonds. The average molecular weight is 235 g/mol. The molecule has 0 aromatic rings. The van der Waals surface area contributed by atoms with Gasteiger partial charge in [0, 0.05) is 22.6 Å². The van der Waals surface area contributed by atoms with Crippen LogP contribution in [0.25, 0.3) is 0 Å². The van der Waals surface area contributed by atoms with E-state index in [1.807, 2.05) is 0 Å². The van der Waals surface area contributed by atoms with E-state index >= 15 is 0 Å². The van der Waals surface area contributed by atoms with Crippen molar-refractivity contribution < 1.29 is 13.6 Å². The van der Waals surface area contributed by atoms with Crippen molar-refractivity contribution in [1.82, 2.24) is 4.72 Å². The minimum absolute atomic E-state index is 0.543. The zero-order valence-electron chi connectivity index (χ0n) is 3.05. The summed E-state index contributed by atoms with van der Waals surface area (Å²) in [6, 6.07) is 0. The molecule has 0 bridgehead atoms. The molecule has 4 nitrogen and oxygen atoms in total. The third-order valence-corrected chi connectivity index (χ3v) is 1.16. The van der Waals surface area contributed by atoms with Gasteiger partial charge in [-0.15, -0.1) is 0 Å². The van der Waals surface area contributed by atoms with E-state index in [1.165, 1.54) is 22.6 Å². The first-order valence-corrected chi connectivity index (χ1v) is 3.38. The lowest BCUT2D eigenvalue weighted by molar-refractivity contribution is 0.267. The molecule has 0 rings (SSSR count). The predicted octanol–water partition coefficient (Wildman–Crippen LogP) is 0.268. The van der Waals surface area contributed by atoms with Crippen LogP contribution in [0.3, 0.4) is 0 Å². The van der Waals surface area contributed by atoms with Crippen molar-refractivity contribution >= 4 is 37.8 Å². The summed E-state index contributed by atoms with van der Waals surface area (Å²) in [5, 5.41) is 0. The summed E-state index contributed by atoms with van der Waals surface area (Å²) in [6.07, 6.45) is 0. The lowest BCUT2D eigenvalue weighted by Crippen LogP contribution is -2.17. The Bertz CT molecular complexity index is 91.1. The van der Waals surface area contributed by atoms with Crippen LogP contribution >= 0.6 is 22.6 Å². The molecule has 0 heterocycles. The van der Waals surface area contributed by atoms with Crippen molar-refractivity contribution in [3.05, 3.63) is 0 Å². The van der Waals surface area contributed by atoms with Crippen LogP contribution in [-0.2, 0) is 11.3 Å². The second-order valence-electron chi connectivity index (χ2n) is 0.625. The Morgan fingerprint density at radius 3 is 2.29 bits per heavy atom. The molecule has 0 radical (unpaired) electrons. The van der Waals surface area contributed by atoms with Gasteiger partial charge in [0.05, 0.1) is 0 Å². The zero-order valence-corrected chi connectivity index (χ0v) is 6.02. The fourth-order valence-corrected chi connectivity index (χ4v) is 0.771. The maximum absolute atomic E-state index is 9.78. The molecule has 7 heavy (non-hydrogen) atoms. The highest BCUT2D eigenvalue weighted by molar-refractivity contribution is 14.1. The first-order valence-electron chi connectivity index (χ1n) is 1.20. The molecule has 2 N–H and O–H groups in total. The number of hydrogen-bond donors (Lipinski definition) is 2. The van der Waals surface area contributed by atoms with Gasteiger partial charge in [-0.25, -0.2) is 8.93 Å². The topological polar surface area (TPSA) is 66.4 Å². The predicted molar refractivity (Wildman–Crippen MR) is 33.3 cm³/mol. The quantitative estimate of drug-likeness (QED) is 0.296. The second-order valence-corrected chi connectivity index (χ2v) is 2.31. The van der Waals surface area contributed by atoms with Crippen molar-refractivity contribution in [2.45, 2.75) is 0 Å². The molecule has 0 fully saturated rings. The summed E-state index contributed by atoms with van der Waals surface area (Å²) in [7, 11) is 0. The van der Waals surface area contributed by atoms with E-state index in [9.17, 15) is 9.00 Å². The van der Waals surface area contributed by atoms with E-state index < -0.39 is 15.2 Å². The molecular weight excluding hydrogens is 233 g/mol. The lowest BCUT2D eigenvalue weighted by atomic mass is 11.5. The molecule has 0 aliphatic carbocycles. The average Bonchev–Trinajstić information content (AvgIpc) is 1.27. The highest BCUT2D eigenvalue weighted by Crippen LogP contribution is 1.81. The maximum atomic E-state index is 9.78. The van der Waals surface area contributed by atoms with Crippen LogP contribution in [0.15, 0.2) is 0 Å². The molecular formula is CH2INO3S. The van der Waals surface area contributed by atoms with E-state index in [1.54, 1.807) is 4.72 Å². The van der Waals surface area contributed by atoms with Gasteiger partial charge >= 0.3 is 0 Å². The third-order valence-electron chi connectivity index (χ3n) is 0.168. The van der Waals surface area contributed by atoms with Crippen molar-refractivity contribution in [2.24, 2.45) is 0 Å². The van der Waals surface area contributed by atoms with Gasteiger partial charge in [0.1, 0.15) is 0 Å². The molecule has 0 spiro atoms. The number of nitrogens with one attached hydrogen (secondary N) is 1. The molecule has 0 aliphatic heterocycles. The Kier molecular flexibility index (Phi) is 3.48. The van der Waals surface area contributed by atoms with Gasteiger partial charge in [-0.1, -0.05) is 0 Å². The van der Waals surface area contributed by atoms with Gasteiger partial charge < -0.3 is 0 Å². The summed E-state index contributed by atoms with van der Waals surface area (Å²) < 4.78 is 18.6. The number of carbonyl (C=O) groups is 1. The fraction of sp³-hybridized carbons (Fsp3) is 0. The molecule has 0 aromatic carbocycles. The number of halogens is 1. The minimum atomic E-state index is -2.20. The Labute approximate surface area is 56.2 Å². The molecule has 0 saturated carbocycles. The van der Waals surface area contributed by atoms with Crippen molar-refractivity contribution in [3.63, 3.8) is 0 Å². The Morgan fingerprint density at radius 2 is 2.29 bits per heavy atom. The largest absolute Gasteiger partial charge is 0.293 e. The van der Waals surface area contributed by atoms with Crippen LogP contribution in [0.2, 0.25) is 0 Å². The highest BCUT2D eigenvalue weighted by Gasteiger charge is 1.93. The Hall–Kier alpha value is 0.310. The van der Waals surface area contributed by atoms with Crippen LogP contribution in [0.1, 0.15) is 0 Å². The number of amides is 1. The number of hydrogen-bond acceptors (Lipinski definition) is 2. The fourth-order valence-electron chi connectivity index (χ4n) is 0.0686.